The zero-order valence-corrected chi connectivity index (χ0v) is 12.3. The molecule has 0 aliphatic heterocycles. The van der Waals surface area contributed by atoms with E-state index in [9.17, 15) is 4.79 Å². The van der Waals surface area contributed by atoms with Gasteiger partial charge in [-0.15, -0.1) is 11.3 Å². The second-order valence-corrected chi connectivity index (χ2v) is 5.94. The number of hydrogen-bond acceptors (Lipinski definition) is 4. The highest BCUT2D eigenvalue weighted by Gasteiger charge is 2.26. The van der Waals surface area contributed by atoms with Crippen molar-refractivity contribution >= 4 is 17.3 Å². The summed E-state index contributed by atoms with van der Waals surface area (Å²) >= 11 is 1.66. The molecular formula is C16H17NO2S. The lowest BCUT2D eigenvalue weighted by molar-refractivity contribution is -0.140. The minimum atomic E-state index is -0.182. The molecule has 0 unspecified atom stereocenters. The van der Waals surface area contributed by atoms with Crippen LogP contribution in [-0.4, -0.2) is 18.1 Å². The molecule has 0 spiro atoms. The number of aromatic nitrogens is 1. The Balaban J connectivity index is 1.78. The van der Waals surface area contributed by atoms with Crippen molar-refractivity contribution in [1.29, 1.82) is 0 Å². The number of methoxy groups -OCH3 is 1. The molecule has 0 saturated heterocycles. The number of ether oxygens (including phenoxy) is 1. The van der Waals surface area contributed by atoms with E-state index in [-0.39, 0.29) is 5.97 Å². The van der Waals surface area contributed by atoms with Gasteiger partial charge in [0.2, 0.25) is 0 Å². The standard InChI is InChI=1S/C16H17NO2S/c1-19-15(18)9-8-12-10-20-16(17-12)14-5-3-2-4-13(14)11-6-7-11/h2-5,10-11H,6-9H2,1H3. The second kappa shape index (κ2) is 5.75. The molecule has 1 aliphatic carbocycles. The molecule has 0 atom stereocenters. The molecule has 1 aromatic carbocycles. The lowest BCUT2D eigenvalue weighted by atomic mass is 10.0. The Kier molecular flexibility index (Phi) is 3.83. The number of benzene rings is 1. The summed E-state index contributed by atoms with van der Waals surface area (Å²) in [4.78, 5) is 15.8. The number of carbonyl (C=O) groups is 1. The number of aryl methyl sites for hydroxylation is 1. The van der Waals surface area contributed by atoms with Crippen LogP contribution in [0.2, 0.25) is 0 Å². The summed E-state index contributed by atoms with van der Waals surface area (Å²) in [6.07, 6.45) is 3.62. The predicted molar refractivity (Wildman–Crippen MR) is 79.9 cm³/mol. The Bertz CT molecular complexity index is 616. The highest BCUT2D eigenvalue weighted by atomic mass is 32.1. The minimum Gasteiger partial charge on any atom is -0.469 e. The number of nitrogens with zero attached hydrogens (tertiary/aromatic N) is 1. The van der Waals surface area contributed by atoms with Gasteiger partial charge in [0.25, 0.3) is 0 Å². The van der Waals surface area contributed by atoms with Gasteiger partial charge >= 0.3 is 5.97 Å². The third-order valence-electron chi connectivity index (χ3n) is 3.57. The largest absolute Gasteiger partial charge is 0.469 e. The van der Waals surface area contributed by atoms with Gasteiger partial charge in [-0.2, -0.15) is 0 Å². The van der Waals surface area contributed by atoms with Crippen molar-refractivity contribution in [2.24, 2.45) is 0 Å². The van der Waals surface area contributed by atoms with Crippen molar-refractivity contribution in [3.8, 4) is 10.6 Å². The van der Waals surface area contributed by atoms with E-state index in [4.69, 9.17) is 0 Å². The summed E-state index contributed by atoms with van der Waals surface area (Å²) in [5.74, 6) is 0.534. The fourth-order valence-electron chi connectivity index (χ4n) is 2.32. The first-order chi connectivity index (χ1) is 9.78. The van der Waals surface area contributed by atoms with Gasteiger partial charge in [-0.25, -0.2) is 4.98 Å². The summed E-state index contributed by atoms with van der Waals surface area (Å²) in [6.45, 7) is 0. The van der Waals surface area contributed by atoms with E-state index >= 15 is 0 Å². The fraction of sp³-hybridized carbons (Fsp3) is 0.375. The molecule has 1 heterocycles. The van der Waals surface area contributed by atoms with Crippen LogP contribution in [0.25, 0.3) is 10.6 Å². The van der Waals surface area contributed by atoms with E-state index in [1.54, 1.807) is 11.3 Å². The van der Waals surface area contributed by atoms with Crippen molar-refractivity contribution in [2.45, 2.75) is 31.6 Å². The molecule has 0 bridgehead atoms. The second-order valence-electron chi connectivity index (χ2n) is 5.08. The normalized spacial score (nSPS) is 14.2. The van der Waals surface area contributed by atoms with Crippen LogP contribution in [0.4, 0.5) is 0 Å². The van der Waals surface area contributed by atoms with Crippen LogP contribution in [0.1, 0.15) is 36.4 Å². The first-order valence-electron chi connectivity index (χ1n) is 6.88. The van der Waals surface area contributed by atoms with Crippen LogP contribution in [0, 0.1) is 0 Å². The molecular weight excluding hydrogens is 270 g/mol. The lowest BCUT2D eigenvalue weighted by Crippen LogP contribution is -2.01. The zero-order chi connectivity index (χ0) is 13.9. The van der Waals surface area contributed by atoms with E-state index in [2.05, 4.69) is 34.0 Å². The van der Waals surface area contributed by atoms with E-state index in [0.29, 0.717) is 18.8 Å². The average molecular weight is 287 g/mol. The Hall–Kier alpha value is -1.68. The molecule has 0 radical (unpaired) electrons. The maximum absolute atomic E-state index is 11.2. The fourth-order valence-corrected chi connectivity index (χ4v) is 3.22. The lowest BCUT2D eigenvalue weighted by Gasteiger charge is -2.04. The third kappa shape index (κ3) is 2.90. The van der Waals surface area contributed by atoms with E-state index in [1.807, 2.05) is 5.38 Å². The molecule has 0 amide bonds. The van der Waals surface area contributed by atoms with Crippen LogP contribution < -0.4 is 0 Å². The quantitative estimate of drug-likeness (QED) is 0.785. The van der Waals surface area contributed by atoms with Crippen LogP contribution in [0.5, 0.6) is 0 Å². The van der Waals surface area contributed by atoms with Crippen LogP contribution >= 0.6 is 11.3 Å². The molecule has 1 saturated carbocycles. The summed E-state index contributed by atoms with van der Waals surface area (Å²) in [5, 5.41) is 3.11. The SMILES string of the molecule is COC(=O)CCc1csc(-c2ccccc2C2CC2)n1. The molecule has 3 rings (SSSR count). The Morgan fingerprint density at radius 1 is 1.40 bits per heavy atom. The van der Waals surface area contributed by atoms with Gasteiger partial charge in [-0.05, 0) is 24.3 Å². The molecule has 20 heavy (non-hydrogen) atoms. The molecule has 1 fully saturated rings. The molecule has 1 aliphatic rings. The van der Waals surface area contributed by atoms with Gasteiger partial charge in [-0.1, -0.05) is 24.3 Å². The Morgan fingerprint density at radius 2 is 2.20 bits per heavy atom. The van der Waals surface area contributed by atoms with Crippen molar-refractivity contribution in [3.05, 3.63) is 40.9 Å². The van der Waals surface area contributed by atoms with Crippen molar-refractivity contribution < 1.29 is 9.53 Å². The molecule has 4 heteroatoms. The van der Waals surface area contributed by atoms with Crippen LogP contribution in [0.3, 0.4) is 0 Å². The van der Waals surface area contributed by atoms with Gasteiger partial charge in [0.1, 0.15) is 5.01 Å². The molecule has 0 N–H and O–H groups in total. The van der Waals surface area contributed by atoms with E-state index < -0.39 is 0 Å². The van der Waals surface area contributed by atoms with Crippen molar-refractivity contribution in [2.75, 3.05) is 7.11 Å². The number of hydrogen-bond donors (Lipinski definition) is 0. The van der Waals surface area contributed by atoms with Gasteiger partial charge < -0.3 is 4.74 Å². The summed E-state index contributed by atoms with van der Waals surface area (Å²) in [7, 11) is 1.42. The minimum absolute atomic E-state index is 0.182. The highest BCUT2D eigenvalue weighted by molar-refractivity contribution is 7.13. The van der Waals surface area contributed by atoms with Crippen molar-refractivity contribution in [1.82, 2.24) is 4.98 Å². The zero-order valence-electron chi connectivity index (χ0n) is 11.5. The molecule has 104 valence electrons. The molecule has 1 aromatic heterocycles. The maximum atomic E-state index is 11.2. The van der Waals surface area contributed by atoms with Crippen LogP contribution in [-0.2, 0) is 16.0 Å². The third-order valence-corrected chi connectivity index (χ3v) is 4.50. The first kappa shape index (κ1) is 13.3. The summed E-state index contributed by atoms with van der Waals surface area (Å²) < 4.78 is 4.66. The Labute approximate surface area is 122 Å². The van der Waals surface area contributed by atoms with E-state index in [0.717, 1.165) is 10.7 Å². The number of esters is 1. The number of thiazole rings is 1. The monoisotopic (exact) mass is 287 g/mol. The van der Waals surface area contributed by atoms with Gasteiger partial charge in [-0.3, -0.25) is 4.79 Å². The number of rotatable bonds is 5. The number of carbonyl (C=O) groups excluding carboxylic acids is 1. The average Bonchev–Trinajstić information content (AvgIpc) is 3.23. The predicted octanol–water partition coefficient (Wildman–Crippen LogP) is 3.79. The first-order valence-corrected chi connectivity index (χ1v) is 7.76. The Morgan fingerprint density at radius 3 is 2.95 bits per heavy atom. The van der Waals surface area contributed by atoms with Crippen LogP contribution in [0.15, 0.2) is 29.6 Å². The maximum Gasteiger partial charge on any atom is 0.305 e. The summed E-state index contributed by atoms with van der Waals surface area (Å²) in [6, 6.07) is 8.53. The highest BCUT2D eigenvalue weighted by Crippen LogP contribution is 2.44. The molecule has 2 aromatic rings. The van der Waals surface area contributed by atoms with Gasteiger partial charge in [0.05, 0.1) is 19.2 Å². The topological polar surface area (TPSA) is 39.2 Å². The molecule has 3 nitrogen and oxygen atoms in total. The van der Waals surface area contributed by atoms with E-state index in [1.165, 1.54) is 31.1 Å². The van der Waals surface area contributed by atoms with Crippen molar-refractivity contribution in [3.63, 3.8) is 0 Å². The van der Waals surface area contributed by atoms with Gasteiger partial charge in [0, 0.05) is 17.4 Å². The summed E-state index contributed by atoms with van der Waals surface area (Å²) in [5.41, 5.74) is 3.65. The van der Waals surface area contributed by atoms with Gasteiger partial charge in [0.15, 0.2) is 0 Å². The smallest absolute Gasteiger partial charge is 0.305 e.